The number of nitrogens with zero attached hydrogens (tertiary/aromatic N) is 1. The molecule has 2 atom stereocenters. The topological polar surface area (TPSA) is 30.7 Å². The third-order valence-corrected chi connectivity index (χ3v) is 5.20. The van der Waals surface area contributed by atoms with Gasteiger partial charge in [-0.25, -0.2) is 0 Å². The minimum atomic E-state index is 0.0592. The molecule has 1 aromatic carbocycles. The lowest BCUT2D eigenvalue weighted by Gasteiger charge is -2.50. The van der Waals surface area contributed by atoms with E-state index in [0.717, 1.165) is 17.9 Å². The molecule has 3 heteroatoms. The number of nitrogens with one attached hydrogen (secondary N) is 1. The van der Waals surface area contributed by atoms with Gasteiger partial charge in [0.05, 0.1) is 12.2 Å². The molecule has 0 bridgehead atoms. The van der Waals surface area contributed by atoms with Crippen molar-refractivity contribution in [1.29, 1.82) is 0 Å². The Morgan fingerprint density at radius 1 is 1.10 bits per heavy atom. The van der Waals surface area contributed by atoms with E-state index in [1.54, 1.807) is 0 Å². The van der Waals surface area contributed by atoms with Gasteiger partial charge in [-0.2, -0.15) is 0 Å². The molecule has 1 heterocycles. The van der Waals surface area contributed by atoms with Crippen LogP contribution in [0.15, 0.2) is 24.3 Å². The van der Waals surface area contributed by atoms with Crippen molar-refractivity contribution in [3.05, 3.63) is 29.5 Å². The molecule has 0 radical (unpaired) electrons. The van der Waals surface area contributed by atoms with Crippen LogP contribution >= 0.6 is 0 Å². The first kappa shape index (κ1) is 14.9. The van der Waals surface area contributed by atoms with Crippen LogP contribution in [0, 0.1) is 11.1 Å². The molecule has 116 valence electrons. The maximum absolute atomic E-state index is 13.0. The zero-order chi connectivity index (χ0) is 15.0. The second-order valence-electron chi connectivity index (χ2n) is 7.67. The number of quaternary nitrogens is 1. The van der Waals surface area contributed by atoms with Gasteiger partial charge >= 0.3 is 0 Å². The third-order valence-electron chi connectivity index (χ3n) is 5.20. The minimum Gasteiger partial charge on any atom is -0.629 e. The van der Waals surface area contributed by atoms with E-state index in [9.17, 15) is 5.21 Å². The molecule has 0 saturated heterocycles. The van der Waals surface area contributed by atoms with Crippen LogP contribution in [0.2, 0.25) is 0 Å². The molecule has 2 unspecified atom stereocenters. The Morgan fingerprint density at radius 2 is 1.76 bits per heavy atom. The molecule has 3 nitrogen and oxygen atoms in total. The number of anilines is 1. The van der Waals surface area contributed by atoms with Crippen molar-refractivity contribution < 1.29 is 5.06 Å². The SMILES string of the molecule is CC(C)(C)N1CC(C2CCCCC2)[NH+]([O-])c2ccccc21. The molecule has 2 aliphatic rings. The van der Waals surface area contributed by atoms with Crippen LogP contribution in [-0.2, 0) is 0 Å². The Morgan fingerprint density at radius 3 is 2.43 bits per heavy atom. The molecule has 21 heavy (non-hydrogen) atoms. The fraction of sp³-hybridized carbons (Fsp3) is 0.667. The fourth-order valence-corrected chi connectivity index (χ4v) is 4.03. The van der Waals surface area contributed by atoms with Gasteiger partial charge < -0.3 is 15.2 Å². The molecule has 0 spiro atoms. The highest BCUT2D eigenvalue weighted by atomic mass is 16.5. The van der Waals surface area contributed by atoms with Gasteiger partial charge in [-0.1, -0.05) is 31.4 Å². The lowest BCUT2D eigenvalue weighted by Crippen LogP contribution is -3.10. The summed E-state index contributed by atoms with van der Waals surface area (Å²) in [5.74, 6) is 0.587. The first-order valence-corrected chi connectivity index (χ1v) is 8.39. The van der Waals surface area contributed by atoms with E-state index in [2.05, 4.69) is 31.7 Å². The van der Waals surface area contributed by atoms with Crippen LogP contribution in [0.25, 0.3) is 0 Å². The number of hydrogen-bond donors (Lipinski definition) is 1. The van der Waals surface area contributed by atoms with Gasteiger partial charge in [0, 0.05) is 17.5 Å². The lowest BCUT2D eigenvalue weighted by molar-refractivity contribution is -0.812. The molecule has 1 saturated carbocycles. The zero-order valence-corrected chi connectivity index (χ0v) is 13.6. The van der Waals surface area contributed by atoms with Crippen LogP contribution in [0.5, 0.6) is 0 Å². The van der Waals surface area contributed by atoms with Crippen LogP contribution in [0.4, 0.5) is 11.4 Å². The van der Waals surface area contributed by atoms with Crippen molar-refractivity contribution in [2.75, 3.05) is 11.4 Å². The molecule has 0 amide bonds. The summed E-state index contributed by atoms with van der Waals surface area (Å²) in [6.45, 7) is 7.64. The zero-order valence-electron chi connectivity index (χ0n) is 13.6. The first-order chi connectivity index (χ1) is 9.98. The van der Waals surface area contributed by atoms with Crippen LogP contribution in [0.1, 0.15) is 52.9 Å². The average Bonchev–Trinajstić information content (AvgIpc) is 2.47. The van der Waals surface area contributed by atoms with Gasteiger partial charge in [0.25, 0.3) is 0 Å². The van der Waals surface area contributed by atoms with Gasteiger partial charge in [-0.15, -0.1) is 0 Å². The van der Waals surface area contributed by atoms with E-state index < -0.39 is 0 Å². The highest BCUT2D eigenvalue weighted by Crippen LogP contribution is 2.35. The summed E-state index contributed by atoms with van der Waals surface area (Å²) in [4.78, 5) is 2.45. The standard InChI is InChI=1S/C18H28N2O/c1-18(2,3)19-13-17(14-9-5-4-6-10-14)20(21)16-12-8-7-11-15(16)19/h7-8,11-12,14,17,20H,4-6,9-10,13H2,1-3H3. The molecule has 1 fully saturated rings. The normalized spacial score (nSPS) is 27.5. The van der Waals surface area contributed by atoms with E-state index >= 15 is 0 Å². The maximum Gasteiger partial charge on any atom is 0.155 e. The highest BCUT2D eigenvalue weighted by Gasteiger charge is 2.39. The predicted octanol–water partition coefficient (Wildman–Crippen LogP) is 3.27. The Hall–Kier alpha value is -1.06. The summed E-state index contributed by atoms with van der Waals surface area (Å²) in [7, 11) is 0. The van der Waals surface area contributed by atoms with Gasteiger partial charge in [-0.3, -0.25) is 0 Å². The van der Waals surface area contributed by atoms with Crippen LogP contribution in [0.3, 0.4) is 0 Å². The second-order valence-corrected chi connectivity index (χ2v) is 7.67. The monoisotopic (exact) mass is 288 g/mol. The number of para-hydroxylation sites is 2. The van der Waals surface area contributed by atoms with Crippen LogP contribution in [-0.4, -0.2) is 18.1 Å². The lowest BCUT2D eigenvalue weighted by atomic mass is 9.82. The summed E-state index contributed by atoms with van der Waals surface area (Å²) >= 11 is 0. The Bertz CT molecular complexity index is 488. The molecule has 1 aliphatic carbocycles. The van der Waals surface area contributed by atoms with Gasteiger partial charge in [0.2, 0.25) is 0 Å². The summed E-state index contributed by atoms with van der Waals surface area (Å²) < 4.78 is 0. The van der Waals surface area contributed by atoms with Gasteiger partial charge in [-0.05, 0) is 39.7 Å². The number of rotatable bonds is 1. The van der Waals surface area contributed by atoms with E-state index in [-0.39, 0.29) is 11.6 Å². The predicted molar refractivity (Wildman–Crippen MR) is 87.9 cm³/mol. The number of fused-ring (bicyclic) bond motifs is 1. The van der Waals surface area contributed by atoms with Gasteiger partial charge in [0.15, 0.2) is 5.69 Å². The fourth-order valence-electron chi connectivity index (χ4n) is 4.03. The summed E-state index contributed by atoms with van der Waals surface area (Å²) in [6, 6.07) is 8.37. The molecular weight excluding hydrogens is 260 g/mol. The summed E-state index contributed by atoms with van der Waals surface area (Å²) in [6.07, 6.45) is 6.40. The van der Waals surface area contributed by atoms with Crippen molar-refractivity contribution in [2.24, 2.45) is 5.92 Å². The number of hydroxylamine groups is 1. The Kier molecular flexibility index (Phi) is 3.98. The van der Waals surface area contributed by atoms with E-state index in [1.165, 1.54) is 32.1 Å². The largest absolute Gasteiger partial charge is 0.629 e. The smallest absolute Gasteiger partial charge is 0.155 e. The van der Waals surface area contributed by atoms with Crippen molar-refractivity contribution in [3.63, 3.8) is 0 Å². The van der Waals surface area contributed by atoms with E-state index in [4.69, 9.17) is 0 Å². The number of benzene rings is 1. The second kappa shape index (κ2) is 5.62. The summed E-state index contributed by atoms with van der Waals surface area (Å²) in [5.41, 5.74) is 2.13. The van der Waals surface area contributed by atoms with Crippen molar-refractivity contribution >= 4 is 11.4 Å². The molecule has 1 aliphatic heterocycles. The Balaban J connectivity index is 1.95. The van der Waals surface area contributed by atoms with E-state index in [0.29, 0.717) is 11.0 Å². The minimum absolute atomic E-state index is 0.0592. The van der Waals surface area contributed by atoms with Crippen molar-refractivity contribution in [3.8, 4) is 0 Å². The molecule has 0 aromatic heterocycles. The quantitative estimate of drug-likeness (QED) is 0.804. The van der Waals surface area contributed by atoms with E-state index in [1.807, 2.05) is 18.2 Å². The molecule has 3 rings (SSSR count). The first-order valence-electron chi connectivity index (χ1n) is 8.39. The highest BCUT2D eigenvalue weighted by molar-refractivity contribution is 5.65. The average molecular weight is 288 g/mol. The maximum atomic E-state index is 13.0. The van der Waals surface area contributed by atoms with Crippen molar-refractivity contribution in [2.45, 2.75) is 64.5 Å². The summed E-state index contributed by atoms with van der Waals surface area (Å²) in [5, 5.41) is 13.3. The number of hydrogen-bond acceptors (Lipinski definition) is 2. The van der Waals surface area contributed by atoms with Crippen LogP contribution < -0.4 is 9.96 Å². The van der Waals surface area contributed by atoms with Crippen molar-refractivity contribution in [1.82, 2.24) is 0 Å². The molecule has 1 N–H and O–H groups in total. The molecular formula is C18H28N2O. The Labute approximate surface area is 128 Å². The third kappa shape index (κ3) is 2.82. The van der Waals surface area contributed by atoms with Gasteiger partial charge in [0.1, 0.15) is 6.04 Å². The molecule has 1 aromatic rings.